The number of hydrogen-bond donors (Lipinski definition) is 0. The summed E-state index contributed by atoms with van der Waals surface area (Å²) in [5.74, 6) is -0.487. The molecule has 2 heterocycles. The zero-order valence-corrected chi connectivity index (χ0v) is 17.7. The van der Waals surface area contributed by atoms with Crippen LogP contribution in [0.1, 0.15) is 23.0 Å². The molecule has 4 rings (SSSR count). The number of furan rings is 1. The highest BCUT2D eigenvalue weighted by Gasteiger charge is 2.24. The van der Waals surface area contributed by atoms with Gasteiger partial charge >= 0.3 is 16.8 Å². The first-order valence-electron chi connectivity index (χ1n) is 9.62. The number of esters is 2. The Bertz CT molecular complexity index is 1320. The summed E-state index contributed by atoms with van der Waals surface area (Å²) in [5, 5.41) is 2.16. The summed E-state index contributed by atoms with van der Waals surface area (Å²) in [6.07, 6.45) is 0. The molecule has 0 aliphatic rings. The maximum atomic E-state index is 12.7. The number of carbonyl (C=O) groups excluding carboxylic acids is 2. The molecule has 0 spiro atoms. The zero-order chi connectivity index (χ0) is 22.0. The van der Waals surface area contributed by atoms with Gasteiger partial charge in [-0.05, 0) is 32.0 Å². The summed E-state index contributed by atoms with van der Waals surface area (Å²) in [6, 6.07) is 14.0. The molecule has 158 valence electrons. The van der Waals surface area contributed by atoms with Gasteiger partial charge in [-0.2, -0.15) is 0 Å². The molecule has 0 N–H and O–H groups in total. The van der Waals surface area contributed by atoms with Crippen LogP contribution in [0.5, 0.6) is 5.75 Å². The summed E-state index contributed by atoms with van der Waals surface area (Å²) in [6.45, 7) is 3.49. The Morgan fingerprint density at radius 1 is 1.13 bits per heavy atom. The number of rotatable bonds is 6. The predicted molar refractivity (Wildman–Crippen MR) is 117 cm³/mol. The normalized spacial score (nSPS) is 10.9. The predicted octanol–water partition coefficient (Wildman–Crippen LogP) is 4.41. The van der Waals surface area contributed by atoms with Crippen molar-refractivity contribution in [2.75, 3.05) is 6.61 Å². The first kappa shape index (κ1) is 20.6. The maximum Gasteiger partial charge on any atom is 0.342 e. The molecule has 0 saturated heterocycles. The minimum Gasteiger partial charge on any atom is -0.462 e. The van der Waals surface area contributed by atoms with Crippen molar-refractivity contribution in [3.63, 3.8) is 0 Å². The molecule has 7 nitrogen and oxygen atoms in total. The van der Waals surface area contributed by atoms with E-state index in [1.54, 1.807) is 37.4 Å². The molecule has 2 aromatic carbocycles. The van der Waals surface area contributed by atoms with Crippen LogP contribution in [0, 0.1) is 6.92 Å². The molecule has 0 saturated carbocycles. The molecule has 0 radical (unpaired) electrons. The van der Waals surface area contributed by atoms with Crippen molar-refractivity contribution < 1.29 is 23.5 Å². The standard InChI is InChI=1S/C23H19NO6S/c1-3-28-22(26)20-17-11-16(29-19(25)12-24-14(2)13-31-23(24)27)9-10-18(17)30-21(20)15-7-5-4-6-8-15/h4-11,13H,3,12H2,1-2H3. The van der Waals surface area contributed by atoms with Crippen LogP contribution in [0.3, 0.4) is 0 Å². The molecule has 8 heteroatoms. The lowest BCUT2D eigenvalue weighted by molar-refractivity contribution is -0.135. The molecular weight excluding hydrogens is 418 g/mol. The summed E-state index contributed by atoms with van der Waals surface area (Å²) in [4.78, 5) is 36.7. The van der Waals surface area contributed by atoms with E-state index in [9.17, 15) is 14.4 Å². The zero-order valence-electron chi connectivity index (χ0n) is 16.9. The second-order valence-electron chi connectivity index (χ2n) is 6.75. The Labute approximate surface area is 181 Å². The van der Waals surface area contributed by atoms with E-state index < -0.39 is 11.9 Å². The van der Waals surface area contributed by atoms with Gasteiger partial charge in [-0.1, -0.05) is 41.7 Å². The first-order chi connectivity index (χ1) is 15.0. The minimum atomic E-state index is -0.590. The van der Waals surface area contributed by atoms with Gasteiger partial charge in [0, 0.05) is 22.0 Å². The molecule has 0 bridgehead atoms. The average molecular weight is 437 g/mol. The monoisotopic (exact) mass is 437 g/mol. The highest BCUT2D eigenvalue weighted by Crippen LogP contribution is 2.36. The van der Waals surface area contributed by atoms with E-state index in [0.717, 1.165) is 16.9 Å². The molecule has 31 heavy (non-hydrogen) atoms. The van der Waals surface area contributed by atoms with Crippen LogP contribution in [0.25, 0.3) is 22.3 Å². The molecule has 0 atom stereocenters. The van der Waals surface area contributed by atoms with Crippen molar-refractivity contribution >= 4 is 34.2 Å². The van der Waals surface area contributed by atoms with Gasteiger partial charge in [0.1, 0.15) is 29.2 Å². The van der Waals surface area contributed by atoms with E-state index in [1.807, 2.05) is 30.3 Å². The number of carbonyl (C=O) groups is 2. The van der Waals surface area contributed by atoms with Crippen LogP contribution in [0.15, 0.2) is 63.1 Å². The van der Waals surface area contributed by atoms with Gasteiger partial charge < -0.3 is 13.9 Å². The smallest absolute Gasteiger partial charge is 0.342 e. The van der Waals surface area contributed by atoms with E-state index in [1.165, 1.54) is 4.57 Å². The fourth-order valence-corrected chi connectivity index (χ4v) is 3.96. The van der Waals surface area contributed by atoms with Crippen molar-refractivity contribution in [1.29, 1.82) is 0 Å². The fraction of sp³-hybridized carbons (Fsp3) is 0.174. The Balaban J connectivity index is 1.71. The molecule has 4 aromatic rings. The third-order valence-electron chi connectivity index (χ3n) is 4.67. The van der Waals surface area contributed by atoms with Crippen molar-refractivity contribution in [2.45, 2.75) is 20.4 Å². The van der Waals surface area contributed by atoms with Crippen molar-refractivity contribution in [3.05, 3.63) is 74.8 Å². The largest absolute Gasteiger partial charge is 0.462 e. The summed E-state index contributed by atoms with van der Waals surface area (Å²) >= 11 is 1.03. The van der Waals surface area contributed by atoms with Gasteiger partial charge in [-0.15, -0.1) is 0 Å². The van der Waals surface area contributed by atoms with E-state index in [-0.39, 0.29) is 29.3 Å². The minimum absolute atomic E-state index is 0.197. The van der Waals surface area contributed by atoms with E-state index in [2.05, 4.69) is 0 Å². The topological polar surface area (TPSA) is 87.7 Å². The van der Waals surface area contributed by atoms with Gasteiger partial charge in [0.25, 0.3) is 0 Å². The highest BCUT2D eigenvalue weighted by atomic mass is 32.1. The number of fused-ring (bicyclic) bond motifs is 1. The van der Waals surface area contributed by atoms with Gasteiger partial charge in [0.05, 0.1) is 6.61 Å². The van der Waals surface area contributed by atoms with Gasteiger partial charge in [-0.25, -0.2) is 9.59 Å². The quantitative estimate of drug-likeness (QED) is 0.328. The number of thiazole rings is 1. The number of ether oxygens (including phenoxy) is 2. The van der Waals surface area contributed by atoms with E-state index >= 15 is 0 Å². The number of aryl methyl sites for hydroxylation is 1. The molecule has 0 aliphatic carbocycles. The second kappa shape index (κ2) is 8.61. The lowest BCUT2D eigenvalue weighted by Crippen LogP contribution is -2.23. The summed E-state index contributed by atoms with van der Waals surface area (Å²) in [5.41, 5.74) is 2.15. The molecule has 0 fully saturated rings. The molecule has 0 amide bonds. The van der Waals surface area contributed by atoms with Crippen LogP contribution in [-0.2, 0) is 16.1 Å². The van der Waals surface area contributed by atoms with Crippen LogP contribution in [-0.4, -0.2) is 23.1 Å². The summed E-state index contributed by atoms with van der Waals surface area (Å²) in [7, 11) is 0. The molecule has 2 aromatic heterocycles. The number of hydrogen-bond acceptors (Lipinski definition) is 7. The Morgan fingerprint density at radius 2 is 1.90 bits per heavy atom. The Morgan fingerprint density at radius 3 is 2.58 bits per heavy atom. The van der Waals surface area contributed by atoms with Crippen LogP contribution >= 0.6 is 11.3 Å². The van der Waals surface area contributed by atoms with E-state index in [4.69, 9.17) is 13.9 Å². The Hall–Kier alpha value is -3.65. The first-order valence-corrected chi connectivity index (χ1v) is 10.5. The number of nitrogens with zero attached hydrogens (tertiary/aromatic N) is 1. The van der Waals surface area contributed by atoms with Crippen molar-refractivity contribution in [3.8, 4) is 17.1 Å². The third-order valence-corrected chi connectivity index (χ3v) is 5.55. The SMILES string of the molecule is CCOC(=O)c1c(-c2ccccc2)oc2ccc(OC(=O)Cn3c(C)csc3=O)cc12. The lowest BCUT2D eigenvalue weighted by atomic mass is 10.1. The third kappa shape index (κ3) is 4.15. The van der Waals surface area contributed by atoms with Gasteiger partial charge in [-0.3, -0.25) is 9.36 Å². The van der Waals surface area contributed by atoms with Crippen molar-refractivity contribution in [2.24, 2.45) is 0 Å². The fourth-order valence-electron chi connectivity index (χ4n) is 3.23. The highest BCUT2D eigenvalue weighted by molar-refractivity contribution is 7.07. The average Bonchev–Trinajstić information content (AvgIpc) is 3.29. The number of benzene rings is 2. The van der Waals surface area contributed by atoms with E-state index in [0.29, 0.717) is 22.4 Å². The van der Waals surface area contributed by atoms with Crippen LogP contribution < -0.4 is 9.61 Å². The van der Waals surface area contributed by atoms with Crippen LogP contribution in [0.2, 0.25) is 0 Å². The molecule has 0 unspecified atom stereocenters. The number of aromatic nitrogens is 1. The lowest BCUT2D eigenvalue weighted by Gasteiger charge is -2.06. The van der Waals surface area contributed by atoms with Gasteiger partial charge in [0.2, 0.25) is 0 Å². The summed E-state index contributed by atoms with van der Waals surface area (Å²) < 4.78 is 18.0. The molecular formula is C23H19NO6S. The van der Waals surface area contributed by atoms with Crippen molar-refractivity contribution in [1.82, 2.24) is 4.57 Å². The Kier molecular flexibility index (Phi) is 5.73. The van der Waals surface area contributed by atoms with Crippen LogP contribution in [0.4, 0.5) is 0 Å². The second-order valence-corrected chi connectivity index (χ2v) is 7.57. The van der Waals surface area contributed by atoms with Gasteiger partial charge in [0.15, 0.2) is 0 Å². The molecule has 0 aliphatic heterocycles. The maximum absolute atomic E-state index is 12.7.